The van der Waals surface area contributed by atoms with Gasteiger partial charge in [0.2, 0.25) is 0 Å². The number of benzene rings is 1. The topological polar surface area (TPSA) is 85.9 Å². The Morgan fingerprint density at radius 1 is 1.50 bits per heavy atom. The third-order valence-electron chi connectivity index (χ3n) is 2.74. The molecule has 2 aromatic rings. The van der Waals surface area contributed by atoms with Gasteiger partial charge in [0.25, 0.3) is 5.69 Å². The molecule has 0 saturated heterocycles. The third-order valence-corrected chi connectivity index (χ3v) is 3.09. The van der Waals surface area contributed by atoms with Crippen molar-refractivity contribution in [3.8, 4) is 0 Å². The van der Waals surface area contributed by atoms with Crippen molar-refractivity contribution in [1.29, 1.82) is 0 Å². The Kier molecular flexibility index (Phi) is 4.65. The van der Waals surface area contributed by atoms with Crippen molar-refractivity contribution in [2.45, 2.75) is 13.0 Å². The number of rotatable bonds is 6. The fourth-order valence-electron chi connectivity index (χ4n) is 1.71. The van der Waals surface area contributed by atoms with Crippen molar-refractivity contribution < 1.29 is 4.92 Å². The standard InChI is InChI=1S/C12H14ClN5O2/c1-17-8-15-12(16-17)4-5-14-7-9-2-3-10(18(19)20)6-11(9)13/h2-3,6,8,14H,4-5,7H2,1H3. The highest BCUT2D eigenvalue weighted by Gasteiger charge is 2.09. The summed E-state index contributed by atoms with van der Waals surface area (Å²) in [6, 6.07) is 4.47. The average molecular weight is 296 g/mol. The highest BCUT2D eigenvalue weighted by molar-refractivity contribution is 6.31. The number of nitro groups is 1. The minimum Gasteiger partial charge on any atom is -0.312 e. The van der Waals surface area contributed by atoms with Gasteiger partial charge >= 0.3 is 0 Å². The lowest BCUT2D eigenvalue weighted by Gasteiger charge is -2.05. The molecular formula is C12H14ClN5O2. The first-order valence-electron chi connectivity index (χ1n) is 6.04. The summed E-state index contributed by atoms with van der Waals surface area (Å²) in [5.74, 6) is 0.773. The van der Waals surface area contributed by atoms with E-state index in [1.807, 2.05) is 7.05 Å². The summed E-state index contributed by atoms with van der Waals surface area (Å²) in [5, 5.41) is 18.4. The molecule has 0 bridgehead atoms. The second kappa shape index (κ2) is 6.44. The van der Waals surface area contributed by atoms with Crippen LogP contribution in [-0.4, -0.2) is 26.2 Å². The summed E-state index contributed by atoms with van der Waals surface area (Å²) in [5.41, 5.74) is 0.822. The Hall–Kier alpha value is -1.99. The van der Waals surface area contributed by atoms with E-state index < -0.39 is 4.92 Å². The molecule has 20 heavy (non-hydrogen) atoms. The molecule has 0 unspecified atom stereocenters. The van der Waals surface area contributed by atoms with E-state index in [9.17, 15) is 10.1 Å². The van der Waals surface area contributed by atoms with Gasteiger partial charge < -0.3 is 5.32 Å². The molecule has 0 atom stereocenters. The summed E-state index contributed by atoms with van der Waals surface area (Å²) < 4.78 is 1.66. The van der Waals surface area contributed by atoms with Gasteiger partial charge in [0.15, 0.2) is 5.82 Å². The van der Waals surface area contributed by atoms with E-state index in [0.717, 1.165) is 11.4 Å². The monoisotopic (exact) mass is 295 g/mol. The van der Waals surface area contributed by atoms with E-state index >= 15 is 0 Å². The molecule has 0 aliphatic rings. The van der Waals surface area contributed by atoms with Gasteiger partial charge in [-0.15, -0.1) is 0 Å². The molecule has 2 rings (SSSR count). The molecule has 0 aliphatic carbocycles. The van der Waals surface area contributed by atoms with Crippen molar-refractivity contribution in [2.75, 3.05) is 6.54 Å². The maximum absolute atomic E-state index is 10.6. The van der Waals surface area contributed by atoms with Crippen LogP contribution in [0.5, 0.6) is 0 Å². The van der Waals surface area contributed by atoms with Gasteiger partial charge in [-0.3, -0.25) is 14.8 Å². The van der Waals surface area contributed by atoms with Gasteiger partial charge in [0.05, 0.1) is 9.95 Å². The van der Waals surface area contributed by atoms with Gasteiger partial charge in [0.1, 0.15) is 6.33 Å². The normalized spacial score (nSPS) is 10.7. The quantitative estimate of drug-likeness (QED) is 0.498. The Balaban J connectivity index is 1.83. The molecule has 0 spiro atoms. The van der Waals surface area contributed by atoms with E-state index in [0.29, 0.717) is 24.5 Å². The first-order chi connectivity index (χ1) is 9.56. The number of nitro benzene ring substituents is 1. The van der Waals surface area contributed by atoms with E-state index in [4.69, 9.17) is 11.6 Å². The van der Waals surface area contributed by atoms with E-state index in [2.05, 4.69) is 15.4 Å². The van der Waals surface area contributed by atoms with Crippen LogP contribution in [0.15, 0.2) is 24.5 Å². The van der Waals surface area contributed by atoms with Crippen molar-refractivity contribution >= 4 is 17.3 Å². The number of hydrogen-bond donors (Lipinski definition) is 1. The molecule has 0 saturated carbocycles. The van der Waals surface area contributed by atoms with Crippen molar-refractivity contribution in [3.05, 3.63) is 51.1 Å². The van der Waals surface area contributed by atoms with Crippen LogP contribution in [0.1, 0.15) is 11.4 Å². The van der Waals surface area contributed by atoms with Crippen molar-refractivity contribution in [2.24, 2.45) is 7.05 Å². The molecule has 8 heteroatoms. The number of nitrogens with zero attached hydrogens (tertiary/aromatic N) is 4. The molecule has 7 nitrogen and oxygen atoms in total. The SMILES string of the molecule is Cn1cnc(CCNCc2ccc([N+](=O)[O-])cc2Cl)n1. The van der Waals surface area contributed by atoms with Crippen LogP contribution >= 0.6 is 11.6 Å². The summed E-state index contributed by atoms with van der Waals surface area (Å²) in [7, 11) is 1.82. The maximum Gasteiger partial charge on any atom is 0.270 e. The molecule has 1 N–H and O–H groups in total. The Morgan fingerprint density at radius 3 is 2.90 bits per heavy atom. The number of hydrogen-bond acceptors (Lipinski definition) is 5. The van der Waals surface area contributed by atoms with Crippen LogP contribution in [0.3, 0.4) is 0 Å². The number of non-ortho nitro benzene ring substituents is 1. The fraction of sp³-hybridized carbons (Fsp3) is 0.333. The zero-order chi connectivity index (χ0) is 14.5. The lowest BCUT2D eigenvalue weighted by molar-refractivity contribution is -0.384. The highest BCUT2D eigenvalue weighted by atomic mass is 35.5. The molecular weight excluding hydrogens is 282 g/mol. The van der Waals surface area contributed by atoms with Crippen LogP contribution in [0, 0.1) is 10.1 Å². The second-order valence-corrected chi connectivity index (χ2v) is 4.70. The molecule has 0 amide bonds. The van der Waals surface area contributed by atoms with Gasteiger partial charge in [-0.2, -0.15) is 5.10 Å². The molecule has 0 aliphatic heterocycles. The van der Waals surface area contributed by atoms with E-state index in [-0.39, 0.29) is 5.69 Å². The van der Waals surface area contributed by atoms with Gasteiger partial charge in [0, 0.05) is 38.7 Å². The number of aromatic nitrogens is 3. The number of aryl methyl sites for hydroxylation is 1. The number of nitrogens with one attached hydrogen (secondary N) is 1. The lowest BCUT2D eigenvalue weighted by Crippen LogP contribution is -2.17. The van der Waals surface area contributed by atoms with Crippen LogP contribution in [0.25, 0.3) is 0 Å². The minimum atomic E-state index is -0.462. The number of halogens is 1. The average Bonchev–Trinajstić information content (AvgIpc) is 2.81. The molecule has 1 aromatic heterocycles. The predicted octanol–water partition coefficient (Wildman–Crippen LogP) is 1.71. The first kappa shape index (κ1) is 14.4. The van der Waals surface area contributed by atoms with Crippen LogP contribution in [-0.2, 0) is 20.0 Å². The third kappa shape index (κ3) is 3.75. The van der Waals surface area contributed by atoms with E-state index in [1.165, 1.54) is 12.1 Å². The zero-order valence-electron chi connectivity index (χ0n) is 10.9. The molecule has 1 aromatic carbocycles. The summed E-state index contributed by atoms with van der Waals surface area (Å²) in [6.45, 7) is 1.25. The summed E-state index contributed by atoms with van der Waals surface area (Å²) in [4.78, 5) is 14.3. The lowest BCUT2D eigenvalue weighted by atomic mass is 10.2. The van der Waals surface area contributed by atoms with Gasteiger partial charge in [-0.05, 0) is 11.6 Å². The molecule has 106 valence electrons. The second-order valence-electron chi connectivity index (χ2n) is 4.29. The minimum absolute atomic E-state index is 0.00330. The maximum atomic E-state index is 10.6. The van der Waals surface area contributed by atoms with Crippen LogP contribution in [0.4, 0.5) is 5.69 Å². The smallest absolute Gasteiger partial charge is 0.270 e. The Morgan fingerprint density at radius 2 is 2.30 bits per heavy atom. The van der Waals surface area contributed by atoms with Crippen LogP contribution in [0.2, 0.25) is 5.02 Å². The predicted molar refractivity (Wildman–Crippen MR) is 74.5 cm³/mol. The summed E-state index contributed by atoms with van der Waals surface area (Å²) >= 11 is 6.00. The zero-order valence-corrected chi connectivity index (χ0v) is 11.7. The van der Waals surface area contributed by atoms with Gasteiger partial charge in [-0.1, -0.05) is 11.6 Å². The summed E-state index contributed by atoms with van der Waals surface area (Å²) in [6.07, 6.45) is 2.37. The molecule has 0 fully saturated rings. The van der Waals surface area contributed by atoms with Crippen LogP contribution < -0.4 is 5.32 Å². The van der Waals surface area contributed by atoms with Gasteiger partial charge in [-0.25, -0.2) is 4.98 Å². The Bertz CT molecular complexity index is 614. The highest BCUT2D eigenvalue weighted by Crippen LogP contribution is 2.22. The Labute approximate surface area is 120 Å². The molecule has 0 radical (unpaired) electrons. The largest absolute Gasteiger partial charge is 0.312 e. The van der Waals surface area contributed by atoms with E-state index in [1.54, 1.807) is 17.1 Å². The molecule has 1 heterocycles. The van der Waals surface area contributed by atoms with Crippen molar-refractivity contribution in [3.63, 3.8) is 0 Å². The first-order valence-corrected chi connectivity index (χ1v) is 6.42. The van der Waals surface area contributed by atoms with Crippen molar-refractivity contribution in [1.82, 2.24) is 20.1 Å². The fourth-order valence-corrected chi connectivity index (χ4v) is 1.96.